The van der Waals surface area contributed by atoms with Crippen LogP contribution in [-0.4, -0.2) is 47.2 Å². The van der Waals surface area contributed by atoms with Gasteiger partial charge in [-0.05, 0) is 56.1 Å². The molecule has 3 aromatic rings. The smallest absolute Gasteiger partial charge is 0.243 e. The number of fused-ring (bicyclic) bond motifs is 1. The molecule has 3 heterocycles. The Morgan fingerprint density at radius 2 is 1.91 bits per heavy atom. The monoisotopic (exact) mass is 480 g/mol. The topological polar surface area (TPSA) is 76.1 Å². The number of aryl methyl sites for hydroxylation is 1. The minimum atomic E-state index is -1.08. The van der Waals surface area contributed by atoms with Crippen molar-refractivity contribution in [1.29, 1.82) is 0 Å². The van der Waals surface area contributed by atoms with E-state index in [1.165, 1.54) is 24.3 Å². The Hall–Kier alpha value is -2.98. The lowest BCUT2D eigenvalue weighted by Gasteiger charge is -2.44. The van der Waals surface area contributed by atoms with E-state index in [0.29, 0.717) is 29.3 Å². The van der Waals surface area contributed by atoms with Gasteiger partial charge in [0.2, 0.25) is 11.8 Å². The van der Waals surface area contributed by atoms with Gasteiger partial charge in [0.1, 0.15) is 12.5 Å². The van der Waals surface area contributed by atoms with Gasteiger partial charge in [-0.15, -0.1) is 0 Å². The Kier molecular flexibility index (Phi) is 6.50. The first-order valence-electron chi connectivity index (χ1n) is 12.1. The van der Waals surface area contributed by atoms with Gasteiger partial charge in [-0.3, -0.25) is 9.96 Å². The summed E-state index contributed by atoms with van der Waals surface area (Å²) in [6.07, 6.45) is 1.87. The number of hydrogen-bond donors (Lipinski definition) is 2. The Labute approximate surface area is 204 Å². The molecule has 2 aromatic carbocycles. The number of nitrogens with one attached hydrogen (secondary N) is 2. The molecule has 0 saturated carbocycles. The van der Waals surface area contributed by atoms with Crippen LogP contribution in [0, 0.1) is 23.8 Å². The third-order valence-corrected chi connectivity index (χ3v) is 7.02. The van der Waals surface area contributed by atoms with Crippen LogP contribution < -0.4 is 15.3 Å². The van der Waals surface area contributed by atoms with E-state index in [1.54, 1.807) is 18.2 Å². The summed E-state index contributed by atoms with van der Waals surface area (Å²) in [5, 5.41) is 20.8. The minimum absolute atomic E-state index is 0.0105. The molecule has 2 aliphatic heterocycles. The summed E-state index contributed by atoms with van der Waals surface area (Å²) in [5.41, 5.74) is 2.56. The highest BCUT2D eigenvalue weighted by Crippen LogP contribution is 2.42. The fourth-order valence-corrected chi connectivity index (χ4v) is 5.05. The number of nitrogens with zero attached hydrogens (tertiary/aromatic N) is 4. The molecule has 2 aliphatic rings. The van der Waals surface area contributed by atoms with Crippen molar-refractivity contribution >= 4 is 17.5 Å². The van der Waals surface area contributed by atoms with E-state index < -0.39 is 10.5 Å². The maximum atomic E-state index is 14.8. The highest BCUT2D eigenvalue weighted by atomic mass is 19.1. The normalized spacial score (nSPS) is 21.1. The first-order chi connectivity index (χ1) is 16.9. The van der Waals surface area contributed by atoms with Crippen LogP contribution in [0.1, 0.15) is 30.9 Å². The number of aromatic nitrogens is 2. The summed E-state index contributed by atoms with van der Waals surface area (Å²) in [4.78, 5) is 11.9. The van der Waals surface area contributed by atoms with Crippen LogP contribution in [0.2, 0.25) is 0 Å². The summed E-state index contributed by atoms with van der Waals surface area (Å²) in [5.74, 6) is -0.379. The molecule has 1 unspecified atom stereocenters. The van der Waals surface area contributed by atoms with E-state index in [0.717, 1.165) is 38.0 Å². The fourth-order valence-electron chi connectivity index (χ4n) is 5.05. The predicted octanol–water partition coefficient (Wildman–Crippen LogP) is 4.82. The van der Waals surface area contributed by atoms with Gasteiger partial charge in [-0.2, -0.15) is 4.98 Å². The molecule has 0 bridgehead atoms. The molecule has 0 spiro atoms. The number of hydrogen-bond acceptors (Lipinski definition) is 6. The van der Waals surface area contributed by atoms with Crippen LogP contribution >= 0.6 is 0 Å². The Morgan fingerprint density at radius 1 is 1.14 bits per heavy atom. The van der Waals surface area contributed by atoms with E-state index in [2.05, 4.69) is 22.5 Å². The van der Waals surface area contributed by atoms with Crippen molar-refractivity contribution < 1.29 is 8.78 Å². The standard InChI is InChI=1S/C26H30F2N6O/c1-3-33-12-10-19(11-13-33)30-26-31-24(20-9-8-18(27)14-17(20)2)21-15-29-16-34(35,25(21)32-26)23-7-5-4-6-22(23)28/h4-9,14,19,29H,3,10-13,15-16H2,1-2H3,(H,30,31,32). The second kappa shape index (κ2) is 9.58. The van der Waals surface area contributed by atoms with Gasteiger partial charge in [0.05, 0.1) is 11.3 Å². The van der Waals surface area contributed by atoms with Crippen molar-refractivity contribution in [2.24, 2.45) is 0 Å². The molecule has 1 aromatic heterocycles. The number of anilines is 1. The van der Waals surface area contributed by atoms with Gasteiger partial charge >= 0.3 is 0 Å². The maximum absolute atomic E-state index is 14.8. The second-order valence-corrected chi connectivity index (χ2v) is 9.29. The lowest BCUT2D eigenvalue weighted by Crippen LogP contribution is -2.50. The van der Waals surface area contributed by atoms with Gasteiger partial charge in [-0.1, -0.05) is 19.1 Å². The number of para-hydroxylation sites is 1. The molecule has 0 amide bonds. The summed E-state index contributed by atoms with van der Waals surface area (Å²) in [7, 11) is 0. The second-order valence-electron chi connectivity index (χ2n) is 9.29. The third kappa shape index (κ3) is 4.52. The molecule has 7 nitrogen and oxygen atoms in total. The summed E-state index contributed by atoms with van der Waals surface area (Å²) < 4.78 is 27.6. The van der Waals surface area contributed by atoms with E-state index in [9.17, 15) is 14.0 Å². The Balaban J connectivity index is 1.64. The number of likely N-dealkylation sites (tertiary alicyclic amines) is 1. The summed E-state index contributed by atoms with van der Waals surface area (Å²) in [6.45, 7) is 7.23. The van der Waals surface area contributed by atoms with Crippen LogP contribution in [0.5, 0.6) is 0 Å². The number of halogens is 2. The first kappa shape index (κ1) is 23.7. The Bertz CT molecular complexity index is 1230. The van der Waals surface area contributed by atoms with Crippen LogP contribution in [0.4, 0.5) is 26.2 Å². The van der Waals surface area contributed by atoms with Crippen molar-refractivity contribution in [2.75, 3.05) is 31.6 Å². The van der Waals surface area contributed by atoms with Crippen molar-refractivity contribution in [3.63, 3.8) is 0 Å². The van der Waals surface area contributed by atoms with Crippen LogP contribution in [0.15, 0.2) is 42.5 Å². The molecular formula is C26H30F2N6O. The summed E-state index contributed by atoms with van der Waals surface area (Å²) >= 11 is 0. The Morgan fingerprint density at radius 3 is 2.63 bits per heavy atom. The molecular weight excluding hydrogens is 450 g/mol. The molecule has 1 fully saturated rings. The van der Waals surface area contributed by atoms with Crippen molar-refractivity contribution in [3.05, 3.63) is 70.4 Å². The zero-order valence-corrected chi connectivity index (χ0v) is 20.0. The predicted molar refractivity (Wildman–Crippen MR) is 134 cm³/mol. The van der Waals surface area contributed by atoms with E-state index in [-0.39, 0.29) is 30.0 Å². The molecule has 1 saturated heterocycles. The minimum Gasteiger partial charge on any atom is -0.620 e. The van der Waals surface area contributed by atoms with E-state index >= 15 is 0 Å². The van der Waals surface area contributed by atoms with Gasteiger partial charge in [0.15, 0.2) is 11.5 Å². The highest BCUT2D eigenvalue weighted by molar-refractivity contribution is 5.75. The molecule has 9 heteroatoms. The first-order valence-corrected chi connectivity index (χ1v) is 12.1. The lowest BCUT2D eigenvalue weighted by atomic mass is 9.99. The molecule has 1 atom stereocenters. The van der Waals surface area contributed by atoms with Gasteiger partial charge in [-0.25, -0.2) is 13.8 Å². The molecule has 35 heavy (non-hydrogen) atoms. The van der Waals surface area contributed by atoms with Gasteiger partial charge < -0.3 is 15.4 Å². The molecule has 0 aliphatic carbocycles. The lowest BCUT2D eigenvalue weighted by molar-refractivity contribution is 0.229. The van der Waals surface area contributed by atoms with Gasteiger partial charge in [0, 0.05) is 37.3 Å². The number of quaternary nitrogens is 1. The van der Waals surface area contributed by atoms with E-state index in [1.807, 2.05) is 6.92 Å². The zero-order chi connectivity index (χ0) is 24.6. The zero-order valence-electron chi connectivity index (χ0n) is 20.0. The highest BCUT2D eigenvalue weighted by Gasteiger charge is 2.37. The quantitative estimate of drug-likeness (QED) is 0.403. The van der Waals surface area contributed by atoms with Gasteiger partial charge in [0.25, 0.3) is 0 Å². The third-order valence-electron chi connectivity index (χ3n) is 7.02. The number of rotatable bonds is 5. The number of hydroxylamine groups is 1. The van der Waals surface area contributed by atoms with Crippen LogP contribution in [-0.2, 0) is 6.54 Å². The van der Waals surface area contributed by atoms with Crippen molar-refractivity contribution in [1.82, 2.24) is 24.8 Å². The molecule has 2 N–H and O–H groups in total. The average molecular weight is 481 g/mol. The van der Waals surface area contributed by atoms with Crippen LogP contribution in [0.25, 0.3) is 11.3 Å². The molecule has 5 rings (SSSR count). The van der Waals surface area contributed by atoms with E-state index in [4.69, 9.17) is 9.97 Å². The SMILES string of the molecule is CCN1CCC(Nc2nc(-c3ccc(F)cc3C)c3c(n2)[N+]([O-])(c2ccccc2F)CNC3)CC1. The number of piperidine rings is 1. The fraction of sp³-hybridized carbons (Fsp3) is 0.385. The van der Waals surface area contributed by atoms with Crippen LogP contribution in [0.3, 0.4) is 0 Å². The maximum Gasteiger partial charge on any atom is 0.243 e. The molecule has 184 valence electrons. The van der Waals surface area contributed by atoms with Crippen molar-refractivity contribution in [2.45, 2.75) is 39.3 Å². The molecule has 0 radical (unpaired) electrons. The summed E-state index contributed by atoms with van der Waals surface area (Å²) in [6, 6.07) is 10.7. The average Bonchev–Trinajstić information content (AvgIpc) is 2.85. The van der Waals surface area contributed by atoms with Crippen molar-refractivity contribution in [3.8, 4) is 11.3 Å². The largest absolute Gasteiger partial charge is 0.620 e. The number of benzene rings is 2.